The monoisotopic (exact) mass is 269 g/mol. The summed E-state index contributed by atoms with van der Waals surface area (Å²) < 4.78 is 5.56. The average molecular weight is 269 g/mol. The van der Waals surface area contributed by atoms with Crippen LogP contribution >= 0.6 is 0 Å². The smallest absolute Gasteiger partial charge is 0.247 e. The van der Waals surface area contributed by atoms with Gasteiger partial charge in [0, 0.05) is 12.7 Å². The van der Waals surface area contributed by atoms with Crippen molar-refractivity contribution in [2.45, 2.75) is 25.0 Å². The van der Waals surface area contributed by atoms with E-state index in [1.54, 1.807) is 17.4 Å². The lowest BCUT2D eigenvalue weighted by molar-refractivity contribution is -0.119. The van der Waals surface area contributed by atoms with Crippen LogP contribution in [0.3, 0.4) is 0 Å². The quantitative estimate of drug-likeness (QED) is 0.838. The van der Waals surface area contributed by atoms with Gasteiger partial charge in [-0.25, -0.2) is 4.98 Å². The standard InChI is InChI=1S/C15H15N3O2/c19-15-11-5-3-9-17(11)14(12-6-4-10-20-12)18(15)13-7-1-2-8-16-13/h1-2,4,6-8,10-11,14H,3,5,9H2. The molecule has 2 unspecified atom stereocenters. The molecule has 2 aliphatic rings. The number of furan rings is 1. The lowest BCUT2D eigenvalue weighted by atomic mass is 10.2. The molecule has 2 aliphatic heterocycles. The largest absolute Gasteiger partial charge is 0.466 e. The van der Waals surface area contributed by atoms with Crippen molar-refractivity contribution in [2.24, 2.45) is 0 Å². The first-order chi connectivity index (χ1) is 9.86. The van der Waals surface area contributed by atoms with Gasteiger partial charge < -0.3 is 4.42 Å². The van der Waals surface area contributed by atoms with Crippen molar-refractivity contribution >= 4 is 11.7 Å². The maximum absolute atomic E-state index is 12.7. The van der Waals surface area contributed by atoms with Crippen molar-refractivity contribution < 1.29 is 9.21 Å². The molecule has 5 heteroatoms. The average Bonchev–Trinajstić information content (AvgIpc) is 3.18. The van der Waals surface area contributed by atoms with Crippen LogP contribution in [0.2, 0.25) is 0 Å². The van der Waals surface area contributed by atoms with Crippen LogP contribution in [0.15, 0.2) is 47.2 Å². The predicted molar refractivity (Wildman–Crippen MR) is 72.9 cm³/mol. The molecule has 2 atom stereocenters. The molecular weight excluding hydrogens is 254 g/mol. The molecule has 0 aromatic carbocycles. The van der Waals surface area contributed by atoms with E-state index < -0.39 is 0 Å². The van der Waals surface area contributed by atoms with Crippen LogP contribution in [0.4, 0.5) is 5.82 Å². The summed E-state index contributed by atoms with van der Waals surface area (Å²) in [7, 11) is 0. The minimum atomic E-state index is -0.167. The molecule has 4 heterocycles. The number of amides is 1. The number of carbonyl (C=O) groups excluding carboxylic acids is 1. The fourth-order valence-corrected chi connectivity index (χ4v) is 3.24. The maximum atomic E-state index is 12.7. The first-order valence-electron chi connectivity index (χ1n) is 6.89. The highest BCUT2D eigenvalue weighted by atomic mass is 16.3. The molecule has 4 rings (SSSR count). The van der Waals surface area contributed by atoms with E-state index >= 15 is 0 Å². The Labute approximate surface area is 116 Å². The molecule has 102 valence electrons. The van der Waals surface area contributed by atoms with Gasteiger partial charge in [-0.15, -0.1) is 0 Å². The Balaban J connectivity index is 1.81. The van der Waals surface area contributed by atoms with E-state index in [9.17, 15) is 4.79 Å². The molecule has 5 nitrogen and oxygen atoms in total. The number of pyridine rings is 1. The van der Waals surface area contributed by atoms with Crippen LogP contribution in [0.25, 0.3) is 0 Å². The van der Waals surface area contributed by atoms with Crippen LogP contribution in [0.1, 0.15) is 24.8 Å². The fraction of sp³-hybridized carbons (Fsp3) is 0.333. The lowest BCUT2D eigenvalue weighted by Gasteiger charge is -2.26. The Morgan fingerprint density at radius 2 is 2.20 bits per heavy atom. The Hall–Kier alpha value is -2.14. The van der Waals surface area contributed by atoms with E-state index in [-0.39, 0.29) is 18.1 Å². The molecule has 2 aromatic rings. The summed E-state index contributed by atoms with van der Waals surface area (Å²) in [4.78, 5) is 21.0. The van der Waals surface area contributed by atoms with E-state index in [2.05, 4.69) is 9.88 Å². The van der Waals surface area contributed by atoms with Crippen LogP contribution in [0.5, 0.6) is 0 Å². The van der Waals surface area contributed by atoms with Crippen molar-refractivity contribution in [2.75, 3.05) is 11.4 Å². The number of anilines is 1. The number of hydrogen-bond acceptors (Lipinski definition) is 4. The Morgan fingerprint density at radius 3 is 2.95 bits per heavy atom. The fourth-order valence-electron chi connectivity index (χ4n) is 3.24. The topological polar surface area (TPSA) is 49.6 Å². The van der Waals surface area contributed by atoms with Crippen LogP contribution in [-0.4, -0.2) is 28.4 Å². The first-order valence-corrected chi connectivity index (χ1v) is 6.89. The normalized spacial score (nSPS) is 26.2. The zero-order valence-corrected chi connectivity index (χ0v) is 11.0. The van der Waals surface area contributed by atoms with Gasteiger partial charge in [0.15, 0.2) is 6.17 Å². The number of hydrogen-bond donors (Lipinski definition) is 0. The molecule has 1 amide bonds. The van der Waals surface area contributed by atoms with Gasteiger partial charge in [0.25, 0.3) is 0 Å². The van der Waals surface area contributed by atoms with Gasteiger partial charge in [-0.1, -0.05) is 6.07 Å². The molecule has 2 saturated heterocycles. The summed E-state index contributed by atoms with van der Waals surface area (Å²) in [6.07, 6.45) is 5.17. The van der Waals surface area contributed by atoms with Crippen LogP contribution in [-0.2, 0) is 4.79 Å². The van der Waals surface area contributed by atoms with Gasteiger partial charge >= 0.3 is 0 Å². The molecule has 0 radical (unpaired) electrons. The van der Waals surface area contributed by atoms with Gasteiger partial charge in [-0.2, -0.15) is 0 Å². The SMILES string of the molecule is O=C1C2CCCN2C(c2ccco2)N1c1ccccn1. The Kier molecular flexibility index (Phi) is 2.60. The highest BCUT2D eigenvalue weighted by Gasteiger charge is 2.50. The van der Waals surface area contributed by atoms with E-state index in [4.69, 9.17) is 4.42 Å². The zero-order valence-electron chi connectivity index (χ0n) is 11.0. The van der Waals surface area contributed by atoms with Gasteiger partial charge in [0.05, 0.1) is 12.3 Å². The third kappa shape index (κ3) is 1.59. The van der Waals surface area contributed by atoms with E-state index in [0.717, 1.165) is 25.1 Å². The number of aromatic nitrogens is 1. The molecule has 2 fully saturated rings. The van der Waals surface area contributed by atoms with Gasteiger partial charge in [-0.3, -0.25) is 14.6 Å². The third-order valence-corrected chi connectivity index (χ3v) is 4.07. The molecule has 2 aromatic heterocycles. The van der Waals surface area contributed by atoms with Crippen molar-refractivity contribution in [1.82, 2.24) is 9.88 Å². The summed E-state index contributed by atoms with van der Waals surface area (Å²) in [5.74, 6) is 1.62. The van der Waals surface area contributed by atoms with Gasteiger partial charge in [0.1, 0.15) is 11.6 Å². The number of nitrogens with zero attached hydrogens (tertiary/aromatic N) is 3. The molecule has 0 bridgehead atoms. The first kappa shape index (κ1) is 11.7. The van der Waals surface area contributed by atoms with Crippen molar-refractivity contribution in [3.05, 3.63) is 48.6 Å². The summed E-state index contributed by atoms with van der Waals surface area (Å²) in [6.45, 7) is 0.922. The van der Waals surface area contributed by atoms with Crippen molar-refractivity contribution in [3.8, 4) is 0 Å². The number of carbonyl (C=O) groups is 1. The predicted octanol–water partition coefficient (Wildman–Crippen LogP) is 2.18. The van der Waals surface area contributed by atoms with E-state index in [1.165, 1.54) is 0 Å². The second-order valence-corrected chi connectivity index (χ2v) is 5.18. The second-order valence-electron chi connectivity index (χ2n) is 5.18. The number of rotatable bonds is 2. The van der Waals surface area contributed by atoms with Crippen LogP contribution < -0.4 is 4.90 Å². The van der Waals surface area contributed by atoms with Crippen molar-refractivity contribution in [3.63, 3.8) is 0 Å². The Morgan fingerprint density at radius 1 is 1.25 bits per heavy atom. The maximum Gasteiger partial charge on any atom is 0.247 e. The minimum Gasteiger partial charge on any atom is -0.466 e. The summed E-state index contributed by atoms with van der Waals surface area (Å²) in [6, 6.07) is 9.38. The Bertz CT molecular complexity index is 611. The highest BCUT2D eigenvalue weighted by Crippen LogP contribution is 2.41. The number of fused-ring (bicyclic) bond motifs is 1. The molecule has 20 heavy (non-hydrogen) atoms. The van der Waals surface area contributed by atoms with Gasteiger partial charge in [-0.05, 0) is 37.1 Å². The van der Waals surface area contributed by atoms with Crippen LogP contribution in [0, 0.1) is 0 Å². The third-order valence-electron chi connectivity index (χ3n) is 4.07. The van der Waals surface area contributed by atoms with E-state index in [1.807, 2.05) is 30.3 Å². The molecule has 0 spiro atoms. The highest BCUT2D eigenvalue weighted by molar-refractivity contribution is 5.99. The molecule has 0 N–H and O–H groups in total. The summed E-state index contributed by atoms with van der Waals surface area (Å²) in [5, 5.41) is 0. The summed E-state index contributed by atoms with van der Waals surface area (Å²) in [5.41, 5.74) is 0. The van der Waals surface area contributed by atoms with E-state index in [0.29, 0.717) is 5.82 Å². The summed E-state index contributed by atoms with van der Waals surface area (Å²) >= 11 is 0. The second kappa shape index (κ2) is 4.45. The minimum absolute atomic E-state index is 0.0351. The van der Waals surface area contributed by atoms with Gasteiger partial charge in [0.2, 0.25) is 5.91 Å². The molecule has 0 saturated carbocycles. The molecular formula is C15H15N3O2. The zero-order chi connectivity index (χ0) is 13.5. The lowest BCUT2D eigenvalue weighted by Crippen LogP contribution is -2.32. The van der Waals surface area contributed by atoms with Crippen molar-refractivity contribution in [1.29, 1.82) is 0 Å². The molecule has 0 aliphatic carbocycles.